The van der Waals surface area contributed by atoms with Crippen molar-refractivity contribution in [2.45, 2.75) is 76.6 Å². The molecule has 12 rings (SSSR count). The van der Waals surface area contributed by atoms with Gasteiger partial charge in [-0.1, -0.05) is 60.2 Å². The Morgan fingerprint density at radius 1 is 0.689 bits per heavy atom. The molecule has 309 valence electrons. The van der Waals surface area contributed by atoms with E-state index in [9.17, 15) is 0 Å². The third-order valence-corrected chi connectivity index (χ3v) is 18.0. The van der Waals surface area contributed by atoms with Gasteiger partial charge in [0.2, 0.25) is 0 Å². The minimum Gasteiger partial charge on any atom is -0.500 e. The molecule has 6 heteroatoms. The van der Waals surface area contributed by atoms with Gasteiger partial charge in [0.05, 0.1) is 5.58 Å². The summed E-state index contributed by atoms with van der Waals surface area (Å²) in [4.78, 5) is 9.50. The van der Waals surface area contributed by atoms with Gasteiger partial charge >= 0.3 is 145 Å². The van der Waals surface area contributed by atoms with E-state index >= 15 is 0 Å². The summed E-state index contributed by atoms with van der Waals surface area (Å²) in [6, 6.07) is 42.8. The molecule has 1 radical (unpaired) electrons. The molecular weight excluding hydrogens is 985 g/mol. The number of benzene rings is 5. The Morgan fingerprint density at radius 3 is 2.21 bits per heavy atom. The first-order valence-electron chi connectivity index (χ1n) is 21.8. The van der Waals surface area contributed by atoms with E-state index in [1.165, 1.54) is 81.7 Å². The zero-order chi connectivity index (χ0) is 41.1. The van der Waals surface area contributed by atoms with Crippen LogP contribution in [0.15, 0.2) is 124 Å². The summed E-state index contributed by atoms with van der Waals surface area (Å²) in [5.41, 5.74) is 15.3. The van der Waals surface area contributed by atoms with Gasteiger partial charge in [-0.15, -0.1) is 23.8 Å². The molecule has 3 aliphatic carbocycles. The molecule has 0 amide bonds. The standard InChI is InChI=1S/C34H32NO.C21H20GeNO.Ir/c1-21-16-30-29-20-27(12-13-32(29)36-34(30)22(2)33(21)26-6-4-3-5-7-26)31-19-24(14-15-35-31)18-28-17-23-8-10-25(28)11-9-23;1-14-12-19(23-13-18(14)22(2,3)4)17-10-7-9-16-15-8-5-6-11-20(15)24-21(16)17;/h3-7,13-16,19-20,23,25,28H,8-11,17-18H2,1-2H3;5-9,11-13H,1-4H3;/q2*-1;. The second-order valence-corrected chi connectivity index (χ2v) is 29.1. The minimum absolute atomic E-state index is 0. The molecule has 9 aromatic rings. The van der Waals surface area contributed by atoms with Crippen molar-refractivity contribution in [3.63, 3.8) is 0 Å². The van der Waals surface area contributed by atoms with Crippen LogP contribution in [0.4, 0.5) is 0 Å². The number of nitrogens with zero attached hydrogens (tertiary/aromatic N) is 2. The average Bonchev–Trinajstić information content (AvgIpc) is 3.83. The topological polar surface area (TPSA) is 52.1 Å². The van der Waals surface area contributed by atoms with E-state index in [4.69, 9.17) is 18.8 Å². The van der Waals surface area contributed by atoms with E-state index in [2.05, 4.69) is 129 Å². The average molecular weight is 1040 g/mol. The molecule has 3 saturated carbocycles. The van der Waals surface area contributed by atoms with Gasteiger partial charge in [-0.05, 0) is 97.4 Å². The number of fused-ring (bicyclic) bond motifs is 9. The molecule has 61 heavy (non-hydrogen) atoms. The van der Waals surface area contributed by atoms with Crippen molar-refractivity contribution in [2.24, 2.45) is 17.8 Å². The number of para-hydroxylation sites is 1. The van der Waals surface area contributed by atoms with E-state index in [1.807, 2.05) is 36.5 Å². The zero-order valence-electron chi connectivity index (χ0n) is 36.0. The van der Waals surface area contributed by atoms with Crippen LogP contribution < -0.4 is 4.40 Å². The van der Waals surface area contributed by atoms with Crippen LogP contribution in [0.1, 0.15) is 54.4 Å². The Bertz CT molecular complexity index is 3040. The molecule has 0 spiro atoms. The van der Waals surface area contributed by atoms with E-state index < -0.39 is 13.3 Å². The molecule has 3 fully saturated rings. The van der Waals surface area contributed by atoms with Crippen molar-refractivity contribution in [3.05, 3.63) is 150 Å². The van der Waals surface area contributed by atoms with Crippen molar-refractivity contribution < 1.29 is 28.9 Å². The van der Waals surface area contributed by atoms with E-state index in [-0.39, 0.29) is 20.1 Å². The maximum Gasteiger partial charge on any atom is 0.124 e. The molecule has 4 nitrogen and oxygen atoms in total. The monoisotopic (exact) mass is 1040 g/mol. The van der Waals surface area contributed by atoms with E-state index in [0.717, 1.165) is 78.8 Å². The van der Waals surface area contributed by atoms with Crippen LogP contribution in [0, 0.1) is 50.7 Å². The van der Waals surface area contributed by atoms with Crippen LogP contribution in [-0.2, 0) is 26.5 Å². The molecular formula is C55H52GeIrN2O2-2. The van der Waals surface area contributed by atoms with E-state index in [1.54, 1.807) is 0 Å². The van der Waals surface area contributed by atoms with Crippen molar-refractivity contribution in [1.82, 2.24) is 9.97 Å². The number of pyridine rings is 2. The van der Waals surface area contributed by atoms with Crippen LogP contribution in [0.3, 0.4) is 0 Å². The SMILES string of the molecule is Cc1cc(-c2[c-]ccc3c2oc2ccccc23)nc[c]1[Ge]([CH3])([CH3])[CH3].Cc1cc2c(oc3c[c-]c(-c4cc(CC5CC6CCC5CC6)ccn4)cc32)c(C)c1-c1ccccc1.[Ir]. The quantitative estimate of drug-likeness (QED) is 0.123. The van der Waals surface area contributed by atoms with Gasteiger partial charge in [0, 0.05) is 31.7 Å². The number of aromatic nitrogens is 2. The predicted octanol–water partition coefficient (Wildman–Crippen LogP) is 14.4. The smallest absolute Gasteiger partial charge is 0.124 e. The molecule has 4 aromatic heterocycles. The van der Waals surface area contributed by atoms with Crippen LogP contribution >= 0.6 is 0 Å². The predicted molar refractivity (Wildman–Crippen MR) is 251 cm³/mol. The Kier molecular flexibility index (Phi) is 11.4. The first-order valence-corrected chi connectivity index (χ1v) is 29.1. The van der Waals surface area contributed by atoms with Crippen molar-refractivity contribution in [1.29, 1.82) is 0 Å². The first-order chi connectivity index (χ1) is 29.1. The van der Waals surface area contributed by atoms with E-state index in [0.29, 0.717) is 0 Å². The third kappa shape index (κ3) is 7.95. The number of hydrogen-bond donors (Lipinski definition) is 0. The molecule has 3 aliphatic rings. The molecule has 0 N–H and O–H groups in total. The summed E-state index contributed by atoms with van der Waals surface area (Å²) < 4.78 is 14.0. The fourth-order valence-corrected chi connectivity index (χ4v) is 14.1. The molecule has 1 unspecified atom stereocenters. The van der Waals surface area contributed by atoms with Crippen LogP contribution in [0.25, 0.3) is 77.5 Å². The summed E-state index contributed by atoms with van der Waals surface area (Å²) in [7, 11) is 0. The molecule has 5 aromatic carbocycles. The normalized spacial score (nSPS) is 17.4. The van der Waals surface area contributed by atoms with Crippen molar-refractivity contribution in [2.75, 3.05) is 0 Å². The fraction of sp³-hybridized carbons (Fsp3) is 0.273. The molecule has 0 aliphatic heterocycles. The Balaban J connectivity index is 0.000000166. The zero-order valence-corrected chi connectivity index (χ0v) is 40.5. The number of hydrogen-bond acceptors (Lipinski definition) is 4. The van der Waals surface area contributed by atoms with Crippen LogP contribution in [0.2, 0.25) is 17.3 Å². The first kappa shape index (κ1) is 41.5. The maximum atomic E-state index is 6.39. The summed E-state index contributed by atoms with van der Waals surface area (Å²) in [6.45, 7) is 6.57. The van der Waals surface area contributed by atoms with Gasteiger partial charge in [0.1, 0.15) is 5.58 Å². The molecule has 2 bridgehead atoms. The summed E-state index contributed by atoms with van der Waals surface area (Å²) in [6.07, 6.45) is 12.5. The van der Waals surface area contributed by atoms with Gasteiger partial charge in [0.25, 0.3) is 0 Å². The van der Waals surface area contributed by atoms with Crippen molar-refractivity contribution in [3.8, 4) is 33.6 Å². The number of furan rings is 2. The largest absolute Gasteiger partial charge is 0.500 e. The van der Waals surface area contributed by atoms with Gasteiger partial charge in [-0.2, -0.15) is 0 Å². The summed E-state index contributed by atoms with van der Waals surface area (Å²) >= 11 is -1.89. The Morgan fingerprint density at radius 2 is 1.46 bits per heavy atom. The summed E-state index contributed by atoms with van der Waals surface area (Å²) in [5, 5.41) is 4.57. The fourth-order valence-electron chi connectivity index (χ4n) is 10.6. The second kappa shape index (κ2) is 16.8. The summed E-state index contributed by atoms with van der Waals surface area (Å²) in [5.74, 6) is 9.95. The van der Waals surface area contributed by atoms with Gasteiger partial charge in [0.15, 0.2) is 0 Å². The maximum absolute atomic E-state index is 6.39. The van der Waals surface area contributed by atoms with Crippen LogP contribution in [-0.4, -0.2) is 23.2 Å². The molecule has 1 atom stereocenters. The van der Waals surface area contributed by atoms with Gasteiger partial charge in [-0.3, -0.25) is 0 Å². The van der Waals surface area contributed by atoms with Gasteiger partial charge < -0.3 is 9.40 Å². The number of aryl methyl sites for hydroxylation is 3. The molecule has 0 saturated heterocycles. The molecule has 4 heterocycles. The number of rotatable bonds is 6. The Labute approximate surface area is 375 Å². The third-order valence-electron chi connectivity index (χ3n) is 13.5. The van der Waals surface area contributed by atoms with Crippen molar-refractivity contribution >= 4 is 61.5 Å². The van der Waals surface area contributed by atoms with Crippen LogP contribution in [0.5, 0.6) is 0 Å². The Hall–Kier alpha value is -4.81. The minimum atomic E-state index is -1.89. The second-order valence-electron chi connectivity index (χ2n) is 18.5. The van der Waals surface area contributed by atoms with Gasteiger partial charge in [-0.25, -0.2) is 0 Å².